The molecule has 1 aliphatic rings. The van der Waals surface area contributed by atoms with E-state index in [1.165, 1.54) is 6.33 Å². The van der Waals surface area contributed by atoms with Crippen LogP contribution < -0.4 is 0 Å². The quantitative estimate of drug-likeness (QED) is 0.625. The number of aliphatic hydroxyl groups is 3. The van der Waals surface area contributed by atoms with Crippen molar-refractivity contribution >= 4 is 11.0 Å². The molecule has 0 amide bonds. The number of fused-ring (bicyclic) bond motifs is 1. The van der Waals surface area contributed by atoms with Gasteiger partial charge in [0.25, 0.3) is 0 Å². The van der Waals surface area contributed by atoms with Crippen LogP contribution in [0.1, 0.15) is 6.23 Å². The van der Waals surface area contributed by atoms with E-state index in [-0.39, 0.29) is 6.61 Å². The SMILES string of the molecule is OCC1O[C@@H](n2ccc3c(-c4cccnc4)ncnc32)[C@@H](O)[C@H]1O. The Morgan fingerprint density at radius 2 is 2.04 bits per heavy atom. The fourth-order valence-electron chi connectivity index (χ4n) is 3.02. The van der Waals surface area contributed by atoms with Gasteiger partial charge in [-0.1, -0.05) is 0 Å². The van der Waals surface area contributed by atoms with Gasteiger partial charge in [0.15, 0.2) is 6.23 Å². The highest BCUT2D eigenvalue weighted by Gasteiger charge is 2.43. The molecule has 0 radical (unpaired) electrons. The summed E-state index contributed by atoms with van der Waals surface area (Å²) in [4.78, 5) is 12.7. The zero-order valence-corrected chi connectivity index (χ0v) is 12.6. The second-order valence-electron chi connectivity index (χ2n) is 5.65. The summed E-state index contributed by atoms with van der Waals surface area (Å²) in [5, 5.41) is 30.2. The van der Waals surface area contributed by atoms with Gasteiger partial charge in [-0.05, 0) is 18.2 Å². The lowest BCUT2D eigenvalue weighted by Gasteiger charge is -2.17. The lowest BCUT2D eigenvalue weighted by Crippen LogP contribution is -2.33. The summed E-state index contributed by atoms with van der Waals surface area (Å²) in [6, 6.07) is 5.55. The molecule has 0 bridgehead atoms. The summed E-state index contributed by atoms with van der Waals surface area (Å²) in [6.07, 6.45) is 2.58. The van der Waals surface area contributed by atoms with E-state index in [0.29, 0.717) is 5.65 Å². The van der Waals surface area contributed by atoms with Gasteiger partial charge in [0.2, 0.25) is 0 Å². The van der Waals surface area contributed by atoms with E-state index < -0.39 is 24.5 Å². The first-order chi connectivity index (χ1) is 11.7. The molecule has 8 nitrogen and oxygen atoms in total. The Bertz CT molecular complexity index is 854. The van der Waals surface area contributed by atoms with Crippen molar-refractivity contribution in [2.24, 2.45) is 0 Å². The van der Waals surface area contributed by atoms with Gasteiger partial charge in [-0.25, -0.2) is 9.97 Å². The van der Waals surface area contributed by atoms with Crippen LogP contribution in [0.2, 0.25) is 0 Å². The van der Waals surface area contributed by atoms with Gasteiger partial charge in [0.05, 0.1) is 12.3 Å². The van der Waals surface area contributed by atoms with E-state index in [2.05, 4.69) is 15.0 Å². The van der Waals surface area contributed by atoms with Crippen LogP contribution in [0.25, 0.3) is 22.3 Å². The molecular formula is C16H16N4O4. The van der Waals surface area contributed by atoms with E-state index in [1.54, 1.807) is 23.2 Å². The van der Waals surface area contributed by atoms with Gasteiger partial charge in [-0.15, -0.1) is 0 Å². The van der Waals surface area contributed by atoms with Gasteiger partial charge in [0.1, 0.15) is 30.3 Å². The molecule has 4 heterocycles. The van der Waals surface area contributed by atoms with Crippen LogP contribution in [0, 0.1) is 0 Å². The predicted molar refractivity (Wildman–Crippen MR) is 83.8 cm³/mol. The first kappa shape index (κ1) is 15.2. The van der Waals surface area contributed by atoms with Crippen molar-refractivity contribution in [2.45, 2.75) is 24.5 Å². The number of aromatic nitrogens is 4. The molecule has 1 fully saturated rings. The van der Waals surface area contributed by atoms with Crippen LogP contribution in [0.15, 0.2) is 43.1 Å². The molecular weight excluding hydrogens is 312 g/mol. The van der Waals surface area contributed by atoms with Crippen molar-refractivity contribution in [3.63, 3.8) is 0 Å². The van der Waals surface area contributed by atoms with E-state index in [9.17, 15) is 15.3 Å². The Kier molecular flexibility index (Phi) is 3.73. The Balaban J connectivity index is 1.80. The van der Waals surface area contributed by atoms with Crippen molar-refractivity contribution in [3.05, 3.63) is 43.1 Å². The minimum Gasteiger partial charge on any atom is -0.394 e. The molecule has 124 valence electrons. The van der Waals surface area contributed by atoms with Crippen LogP contribution in [0.5, 0.6) is 0 Å². The number of nitrogens with zero attached hydrogens (tertiary/aromatic N) is 4. The fourth-order valence-corrected chi connectivity index (χ4v) is 3.02. The smallest absolute Gasteiger partial charge is 0.164 e. The van der Waals surface area contributed by atoms with Crippen LogP contribution in [-0.2, 0) is 4.74 Å². The van der Waals surface area contributed by atoms with Crippen LogP contribution in [-0.4, -0.2) is 59.8 Å². The Morgan fingerprint density at radius 1 is 1.17 bits per heavy atom. The zero-order chi connectivity index (χ0) is 16.7. The summed E-state index contributed by atoms with van der Waals surface area (Å²) in [6.45, 7) is -0.371. The largest absolute Gasteiger partial charge is 0.394 e. The highest BCUT2D eigenvalue weighted by molar-refractivity contribution is 5.90. The van der Waals surface area contributed by atoms with Gasteiger partial charge in [-0.2, -0.15) is 0 Å². The maximum atomic E-state index is 10.2. The Labute approximate surface area is 137 Å². The number of pyridine rings is 1. The maximum absolute atomic E-state index is 10.2. The molecule has 0 saturated carbocycles. The Hall–Kier alpha value is -2.39. The monoisotopic (exact) mass is 328 g/mol. The van der Waals surface area contributed by atoms with E-state index in [4.69, 9.17) is 4.74 Å². The fraction of sp³-hybridized carbons (Fsp3) is 0.312. The molecule has 8 heteroatoms. The second-order valence-corrected chi connectivity index (χ2v) is 5.65. The van der Waals surface area contributed by atoms with Crippen molar-refractivity contribution in [1.29, 1.82) is 0 Å². The minimum absolute atomic E-state index is 0.371. The average molecular weight is 328 g/mol. The standard InChI is InChI=1S/C16H16N4O4/c21-7-11-13(22)14(23)16(24-11)20-5-3-10-12(18-8-19-15(10)20)9-2-1-4-17-6-9/h1-6,8,11,13-14,16,21-23H,7H2/t11?,13-,14-,16+/m0/s1. The predicted octanol–water partition coefficient (Wildman–Crippen LogP) is 0.105. The zero-order valence-electron chi connectivity index (χ0n) is 12.6. The highest BCUT2D eigenvalue weighted by atomic mass is 16.6. The molecule has 24 heavy (non-hydrogen) atoms. The second kappa shape index (κ2) is 5.91. The summed E-state index contributed by atoms with van der Waals surface area (Å²) < 4.78 is 7.21. The van der Waals surface area contributed by atoms with E-state index in [1.807, 2.05) is 18.2 Å². The number of ether oxygens (including phenoxy) is 1. The lowest BCUT2D eigenvalue weighted by atomic mass is 10.1. The number of hydrogen-bond acceptors (Lipinski definition) is 7. The third-order valence-electron chi connectivity index (χ3n) is 4.24. The first-order valence-electron chi connectivity index (χ1n) is 7.55. The normalized spacial score (nSPS) is 27.0. The number of aliphatic hydroxyl groups excluding tert-OH is 3. The lowest BCUT2D eigenvalue weighted by molar-refractivity contribution is -0.0508. The van der Waals surface area contributed by atoms with Gasteiger partial charge < -0.3 is 24.6 Å². The molecule has 1 unspecified atom stereocenters. The molecule has 4 atom stereocenters. The maximum Gasteiger partial charge on any atom is 0.164 e. The van der Waals surface area contributed by atoms with E-state index in [0.717, 1.165) is 16.6 Å². The van der Waals surface area contributed by atoms with Crippen LogP contribution in [0.4, 0.5) is 0 Å². The summed E-state index contributed by atoms with van der Waals surface area (Å²) in [7, 11) is 0. The van der Waals surface area contributed by atoms with Gasteiger partial charge in [0, 0.05) is 29.5 Å². The summed E-state index contributed by atoms with van der Waals surface area (Å²) >= 11 is 0. The average Bonchev–Trinajstić information content (AvgIpc) is 3.17. The van der Waals surface area contributed by atoms with Gasteiger partial charge in [-0.3, -0.25) is 4.98 Å². The molecule has 1 saturated heterocycles. The highest BCUT2D eigenvalue weighted by Crippen LogP contribution is 2.33. The van der Waals surface area contributed by atoms with Crippen molar-refractivity contribution in [1.82, 2.24) is 19.5 Å². The molecule has 3 aromatic heterocycles. The molecule has 3 N–H and O–H groups in total. The third-order valence-corrected chi connectivity index (χ3v) is 4.24. The molecule has 0 spiro atoms. The van der Waals surface area contributed by atoms with Crippen molar-refractivity contribution < 1.29 is 20.1 Å². The topological polar surface area (TPSA) is 114 Å². The third kappa shape index (κ3) is 2.28. The minimum atomic E-state index is -1.16. The molecule has 4 rings (SSSR count). The van der Waals surface area contributed by atoms with Crippen LogP contribution in [0.3, 0.4) is 0 Å². The van der Waals surface area contributed by atoms with E-state index >= 15 is 0 Å². The summed E-state index contributed by atoms with van der Waals surface area (Å²) in [5.74, 6) is 0. The first-order valence-corrected chi connectivity index (χ1v) is 7.55. The van der Waals surface area contributed by atoms with Crippen molar-refractivity contribution in [3.8, 4) is 11.3 Å². The summed E-state index contributed by atoms with van der Waals surface area (Å²) in [5.41, 5.74) is 2.14. The molecule has 1 aliphatic heterocycles. The number of hydrogen-bond donors (Lipinski definition) is 3. The Morgan fingerprint density at radius 3 is 2.75 bits per heavy atom. The van der Waals surface area contributed by atoms with Crippen LogP contribution >= 0.6 is 0 Å². The molecule has 0 aromatic carbocycles. The molecule has 3 aromatic rings. The number of rotatable bonds is 3. The van der Waals surface area contributed by atoms with Gasteiger partial charge >= 0.3 is 0 Å². The van der Waals surface area contributed by atoms with Crippen molar-refractivity contribution in [2.75, 3.05) is 6.61 Å². The molecule has 0 aliphatic carbocycles.